The molecule has 4 atom stereocenters. The van der Waals surface area contributed by atoms with Gasteiger partial charge in [0.1, 0.15) is 11.2 Å². The number of carbonyl (C=O) groups is 2. The molecule has 2 aliphatic rings. The average molecular weight is 496 g/mol. The van der Waals surface area contributed by atoms with Gasteiger partial charge < -0.3 is 19.4 Å². The fourth-order valence-electron chi connectivity index (χ4n) is 5.69. The number of aromatic nitrogens is 1. The minimum Gasteiger partial charge on any atom is -0.493 e. The lowest BCUT2D eigenvalue weighted by Crippen LogP contribution is -2.66. The predicted octanol–water partition coefficient (Wildman–Crippen LogP) is 5.08. The van der Waals surface area contributed by atoms with Gasteiger partial charge in [0, 0.05) is 17.8 Å². The van der Waals surface area contributed by atoms with E-state index in [4.69, 9.17) is 9.47 Å². The second kappa shape index (κ2) is 8.90. The van der Waals surface area contributed by atoms with Crippen LogP contribution in [0.5, 0.6) is 11.5 Å². The van der Waals surface area contributed by atoms with Crippen LogP contribution < -0.4 is 19.7 Å². The summed E-state index contributed by atoms with van der Waals surface area (Å²) in [6, 6.07) is 9.41. The van der Waals surface area contributed by atoms with E-state index < -0.39 is 5.54 Å². The van der Waals surface area contributed by atoms with E-state index in [2.05, 4.69) is 19.2 Å². The fourth-order valence-corrected chi connectivity index (χ4v) is 6.51. The van der Waals surface area contributed by atoms with E-state index in [0.29, 0.717) is 41.3 Å². The zero-order chi connectivity index (χ0) is 24.9. The Morgan fingerprint density at radius 1 is 1.11 bits per heavy atom. The molecule has 3 heterocycles. The molecule has 2 aromatic heterocycles. The molecule has 35 heavy (non-hydrogen) atoms. The topological polar surface area (TPSA) is 72.8 Å². The SMILES string of the molecule is COc1ccc(N2C(=O)c3cc4sccc4n3C[C@]2(C)C(=O)N[C@@H]2CCC[C@H](C)[C@@H]2C)cc1OC. The number of ether oxygens (including phenoxy) is 2. The monoisotopic (exact) mass is 495 g/mol. The lowest BCUT2D eigenvalue weighted by Gasteiger charge is -2.45. The van der Waals surface area contributed by atoms with Crippen LogP contribution in [0, 0.1) is 11.8 Å². The molecule has 1 aliphatic heterocycles. The molecule has 0 spiro atoms. The molecule has 1 N–H and O–H groups in total. The third kappa shape index (κ3) is 3.78. The molecule has 7 nitrogen and oxygen atoms in total. The number of amides is 2. The standard InChI is InChI=1S/C27H33N3O4S/c1-16-7-6-8-19(17(16)2)28-26(32)27(3)15-29-20-11-12-35-24(20)14-21(29)25(31)30(27)18-9-10-22(33-4)23(13-18)34-5/h9-14,16-17,19H,6-8,15H2,1-5H3,(H,28,32)/t16-,17-,19+,27+/m0/s1. The first-order valence-corrected chi connectivity index (χ1v) is 13.1. The maximum Gasteiger partial charge on any atom is 0.275 e. The van der Waals surface area contributed by atoms with Gasteiger partial charge >= 0.3 is 0 Å². The summed E-state index contributed by atoms with van der Waals surface area (Å²) >= 11 is 1.60. The molecule has 0 saturated heterocycles. The van der Waals surface area contributed by atoms with Gasteiger partial charge in [-0.05, 0) is 54.8 Å². The number of carbonyl (C=O) groups excluding carboxylic acids is 2. The number of methoxy groups -OCH3 is 2. The number of nitrogens with zero attached hydrogens (tertiary/aromatic N) is 2. The first-order valence-electron chi connectivity index (χ1n) is 12.2. The molecule has 2 amide bonds. The third-order valence-electron chi connectivity index (χ3n) is 8.04. The van der Waals surface area contributed by atoms with Crippen molar-refractivity contribution < 1.29 is 19.1 Å². The van der Waals surface area contributed by atoms with Gasteiger partial charge in [-0.3, -0.25) is 14.5 Å². The summed E-state index contributed by atoms with van der Waals surface area (Å²) in [4.78, 5) is 29.7. The van der Waals surface area contributed by atoms with Gasteiger partial charge in [-0.2, -0.15) is 0 Å². The van der Waals surface area contributed by atoms with E-state index >= 15 is 0 Å². The Labute approximate surface area is 210 Å². The van der Waals surface area contributed by atoms with E-state index in [9.17, 15) is 9.59 Å². The van der Waals surface area contributed by atoms with Gasteiger partial charge in [-0.15, -0.1) is 11.3 Å². The van der Waals surface area contributed by atoms with Crippen LogP contribution >= 0.6 is 11.3 Å². The number of hydrogen-bond donors (Lipinski definition) is 1. The van der Waals surface area contributed by atoms with Crippen molar-refractivity contribution in [2.75, 3.05) is 19.1 Å². The van der Waals surface area contributed by atoms with Gasteiger partial charge in [-0.25, -0.2) is 0 Å². The molecule has 1 saturated carbocycles. The highest BCUT2D eigenvalue weighted by molar-refractivity contribution is 7.17. The molecule has 8 heteroatoms. The lowest BCUT2D eigenvalue weighted by atomic mass is 9.77. The van der Waals surface area contributed by atoms with Crippen LogP contribution in [0.3, 0.4) is 0 Å². The Morgan fingerprint density at radius 2 is 1.89 bits per heavy atom. The van der Waals surface area contributed by atoms with Crippen LogP contribution in [0.1, 0.15) is 50.5 Å². The first-order chi connectivity index (χ1) is 16.8. The second-order valence-corrected chi connectivity index (χ2v) is 11.0. The van der Waals surface area contributed by atoms with Crippen LogP contribution in [-0.4, -0.2) is 42.2 Å². The normalized spacial score (nSPS) is 26.5. The highest BCUT2D eigenvalue weighted by Gasteiger charge is 2.49. The number of hydrogen-bond acceptors (Lipinski definition) is 5. The fraction of sp³-hybridized carbons (Fsp3) is 0.481. The zero-order valence-corrected chi connectivity index (χ0v) is 21.8. The molecule has 0 unspecified atom stereocenters. The summed E-state index contributed by atoms with van der Waals surface area (Å²) in [6.07, 6.45) is 3.24. The Morgan fingerprint density at radius 3 is 2.63 bits per heavy atom. The summed E-state index contributed by atoms with van der Waals surface area (Å²) in [7, 11) is 3.14. The molecule has 1 aromatic carbocycles. The number of anilines is 1. The van der Waals surface area contributed by atoms with Crippen LogP contribution in [0.2, 0.25) is 0 Å². The highest BCUT2D eigenvalue weighted by atomic mass is 32.1. The molecular weight excluding hydrogens is 462 g/mol. The molecule has 1 fully saturated rings. The molecule has 0 radical (unpaired) electrons. The average Bonchev–Trinajstić information content (AvgIpc) is 3.44. The molecule has 5 rings (SSSR count). The van der Waals surface area contributed by atoms with Crippen LogP contribution in [0.25, 0.3) is 10.2 Å². The largest absolute Gasteiger partial charge is 0.493 e. The van der Waals surface area contributed by atoms with Crippen LogP contribution in [-0.2, 0) is 11.3 Å². The summed E-state index contributed by atoms with van der Waals surface area (Å²) in [6.45, 7) is 6.71. The zero-order valence-electron chi connectivity index (χ0n) is 21.0. The summed E-state index contributed by atoms with van der Waals surface area (Å²) < 4.78 is 14.0. The Kier molecular flexibility index (Phi) is 6.03. The van der Waals surface area contributed by atoms with E-state index in [0.717, 1.165) is 23.1 Å². The Bertz CT molecular complexity index is 1280. The van der Waals surface area contributed by atoms with Crippen molar-refractivity contribution in [1.29, 1.82) is 0 Å². The van der Waals surface area contributed by atoms with E-state index in [1.54, 1.807) is 42.6 Å². The Balaban J connectivity index is 1.60. The van der Waals surface area contributed by atoms with E-state index in [1.165, 1.54) is 6.42 Å². The van der Waals surface area contributed by atoms with Crippen molar-refractivity contribution in [1.82, 2.24) is 9.88 Å². The third-order valence-corrected chi connectivity index (χ3v) is 8.90. The smallest absolute Gasteiger partial charge is 0.275 e. The number of rotatable bonds is 5. The van der Waals surface area contributed by atoms with Crippen LogP contribution in [0.15, 0.2) is 35.7 Å². The molecule has 3 aromatic rings. The maximum absolute atomic E-state index is 14.1. The second-order valence-electron chi connectivity index (χ2n) is 10.1. The summed E-state index contributed by atoms with van der Waals surface area (Å²) in [5.74, 6) is 1.69. The maximum atomic E-state index is 14.1. The first kappa shape index (κ1) is 23.7. The van der Waals surface area contributed by atoms with Gasteiger partial charge in [0.2, 0.25) is 5.91 Å². The van der Waals surface area contributed by atoms with E-state index in [-0.39, 0.29) is 17.9 Å². The lowest BCUT2D eigenvalue weighted by molar-refractivity contribution is -0.128. The van der Waals surface area contributed by atoms with Crippen molar-refractivity contribution in [2.45, 2.75) is 58.2 Å². The van der Waals surface area contributed by atoms with Gasteiger partial charge in [0.15, 0.2) is 11.5 Å². The minimum absolute atomic E-state index is 0.0951. The molecule has 0 bridgehead atoms. The number of thiophene rings is 1. The number of fused-ring (bicyclic) bond motifs is 3. The number of nitrogens with one attached hydrogen (secondary N) is 1. The molecule has 186 valence electrons. The quantitative estimate of drug-likeness (QED) is 0.536. The van der Waals surface area contributed by atoms with Gasteiger partial charge in [-0.1, -0.05) is 26.7 Å². The van der Waals surface area contributed by atoms with Crippen molar-refractivity contribution >= 4 is 39.1 Å². The van der Waals surface area contributed by atoms with Gasteiger partial charge in [0.25, 0.3) is 5.91 Å². The highest BCUT2D eigenvalue weighted by Crippen LogP contribution is 2.40. The summed E-state index contributed by atoms with van der Waals surface area (Å²) in [5, 5.41) is 5.37. The van der Waals surface area contributed by atoms with Gasteiger partial charge in [0.05, 0.1) is 31.0 Å². The van der Waals surface area contributed by atoms with Crippen molar-refractivity contribution in [2.24, 2.45) is 11.8 Å². The summed E-state index contributed by atoms with van der Waals surface area (Å²) in [5.41, 5.74) is 1.06. The van der Waals surface area contributed by atoms with Crippen molar-refractivity contribution in [3.63, 3.8) is 0 Å². The van der Waals surface area contributed by atoms with E-state index in [1.807, 2.05) is 35.1 Å². The van der Waals surface area contributed by atoms with Crippen LogP contribution in [0.4, 0.5) is 5.69 Å². The molecular formula is C27H33N3O4S. The Hall–Kier alpha value is -3.00. The minimum atomic E-state index is -1.13. The predicted molar refractivity (Wildman–Crippen MR) is 139 cm³/mol. The van der Waals surface area contributed by atoms with Crippen molar-refractivity contribution in [3.8, 4) is 11.5 Å². The molecule has 1 aliphatic carbocycles. The number of benzene rings is 1. The van der Waals surface area contributed by atoms with Crippen molar-refractivity contribution in [3.05, 3.63) is 41.4 Å².